The Hall–Kier alpha value is -5.61. The topological polar surface area (TPSA) is 129 Å². The third kappa shape index (κ3) is 7.54. The molecule has 0 aliphatic heterocycles. The molecule has 0 aliphatic rings. The molecule has 1 heterocycles. The lowest BCUT2D eigenvalue weighted by Gasteiger charge is -2.22. The summed E-state index contributed by atoms with van der Waals surface area (Å²) in [7, 11) is 3.17. The molecule has 0 saturated carbocycles. The first-order valence-corrected chi connectivity index (χ1v) is 14.8. The van der Waals surface area contributed by atoms with Crippen molar-refractivity contribution in [1.29, 1.82) is 0 Å². The number of para-hydroxylation sites is 1. The molecule has 0 bridgehead atoms. The highest BCUT2D eigenvalue weighted by Crippen LogP contribution is 2.33. The molecule has 0 saturated heterocycles. The number of hydrogen-bond acceptors (Lipinski definition) is 8. The molecule has 2 amide bonds. The number of rotatable bonds is 13. The number of methoxy groups -OCH3 is 1. The molecule has 5 aromatic rings. The molecule has 0 aliphatic carbocycles. The predicted octanol–water partition coefficient (Wildman–Crippen LogP) is 6.49. The monoisotopic (exact) mass is 620 g/mol. The Morgan fingerprint density at radius 1 is 0.935 bits per heavy atom. The summed E-state index contributed by atoms with van der Waals surface area (Å²) in [6, 6.07) is 25.3. The largest absolute Gasteiger partial charge is 0.495 e. The molecule has 10 heteroatoms. The molecule has 0 radical (unpaired) electrons. The zero-order chi connectivity index (χ0) is 32.5. The Bertz CT molecular complexity index is 1790. The van der Waals surface area contributed by atoms with Crippen LogP contribution in [0.4, 0.5) is 11.4 Å². The van der Waals surface area contributed by atoms with Crippen LogP contribution in [0.15, 0.2) is 102 Å². The summed E-state index contributed by atoms with van der Waals surface area (Å²) < 4.78 is 22.9. The highest BCUT2D eigenvalue weighted by atomic mass is 16.5. The van der Waals surface area contributed by atoms with E-state index in [1.54, 1.807) is 55.7 Å². The van der Waals surface area contributed by atoms with Gasteiger partial charge in [-0.15, -0.1) is 0 Å². The molecule has 0 unspecified atom stereocenters. The van der Waals surface area contributed by atoms with Crippen molar-refractivity contribution < 1.29 is 28.2 Å². The van der Waals surface area contributed by atoms with E-state index >= 15 is 0 Å². The number of ether oxygens (including phenoxy) is 3. The summed E-state index contributed by atoms with van der Waals surface area (Å²) in [6.45, 7) is 3.16. The number of aromatic nitrogens is 1. The Kier molecular flexibility index (Phi) is 10.3. The van der Waals surface area contributed by atoms with Gasteiger partial charge in [0, 0.05) is 18.2 Å². The van der Waals surface area contributed by atoms with E-state index in [-0.39, 0.29) is 11.8 Å². The maximum Gasteiger partial charge on any atom is 0.259 e. The average Bonchev–Trinajstić information content (AvgIpc) is 3.63. The zero-order valence-electron chi connectivity index (χ0n) is 26.0. The Balaban J connectivity index is 1.30. The van der Waals surface area contributed by atoms with Gasteiger partial charge in [0.05, 0.1) is 36.9 Å². The summed E-state index contributed by atoms with van der Waals surface area (Å²) in [6.07, 6.45) is 3.81. The molecular formula is C36H36N4O6. The van der Waals surface area contributed by atoms with Gasteiger partial charge >= 0.3 is 0 Å². The fraction of sp³-hybridized carbons (Fsp3) is 0.194. The minimum atomic E-state index is -0.369. The number of nitrogens with one attached hydrogen (secondary N) is 1. The lowest BCUT2D eigenvalue weighted by Crippen LogP contribution is -2.27. The molecule has 0 fully saturated rings. The van der Waals surface area contributed by atoms with E-state index in [2.05, 4.69) is 10.3 Å². The van der Waals surface area contributed by atoms with Crippen LogP contribution in [0.5, 0.6) is 17.2 Å². The summed E-state index contributed by atoms with van der Waals surface area (Å²) in [5.41, 5.74) is 10.1. The number of benzene rings is 4. The number of carbonyl (C=O) groups excluding carboxylic acids is 2. The van der Waals surface area contributed by atoms with Gasteiger partial charge in [-0.2, -0.15) is 0 Å². The third-order valence-corrected chi connectivity index (χ3v) is 7.24. The van der Waals surface area contributed by atoms with Crippen molar-refractivity contribution in [2.45, 2.75) is 20.0 Å². The van der Waals surface area contributed by atoms with Crippen LogP contribution in [-0.2, 0) is 6.61 Å². The highest BCUT2D eigenvalue weighted by Gasteiger charge is 2.21. The number of aryl methyl sites for hydroxylation is 1. The first-order chi connectivity index (χ1) is 22.4. The van der Waals surface area contributed by atoms with E-state index in [0.717, 1.165) is 16.7 Å². The van der Waals surface area contributed by atoms with Crippen LogP contribution >= 0.6 is 0 Å². The van der Waals surface area contributed by atoms with Crippen molar-refractivity contribution in [2.75, 3.05) is 37.5 Å². The van der Waals surface area contributed by atoms with Crippen LogP contribution in [0.1, 0.15) is 38.3 Å². The molecule has 1 aromatic heterocycles. The smallest absolute Gasteiger partial charge is 0.259 e. The molecule has 236 valence electrons. The number of carbonyl (C=O) groups is 2. The lowest BCUT2D eigenvalue weighted by atomic mass is 10.1. The van der Waals surface area contributed by atoms with E-state index in [1.165, 1.54) is 18.3 Å². The van der Waals surface area contributed by atoms with E-state index in [9.17, 15) is 9.59 Å². The first-order valence-electron chi connectivity index (χ1n) is 14.8. The molecular weight excluding hydrogens is 584 g/mol. The van der Waals surface area contributed by atoms with Crippen LogP contribution in [0.25, 0.3) is 11.5 Å². The Morgan fingerprint density at radius 2 is 1.74 bits per heavy atom. The highest BCUT2D eigenvalue weighted by molar-refractivity contribution is 6.09. The maximum atomic E-state index is 13.7. The molecule has 4 aromatic carbocycles. The lowest BCUT2D eigenvalue weighted by molar-refractivity contribution is 0.0990. The normalized spacial score (nSPS) is 10.7. The van der Waals surface area contributed by atoms with Gasteiger partial charge in [-0.25, -0.2) is 4.98 Å². The van der Waals surface area contributed by atoms with Gasteiger partial charge < -0.3 is 34.6 Å². The number of hydrogen-bond donors (Lipinski definition) is 2. The molecule has 46 heavy (non-hydrogen) atoms. The molecule has 0 spiro atoms. The fourth-order valence-electron chi connectivity index (χ4n) is 4.75. The van der Waals surface area contributed by atoms with E-state index < -0.39 is 0 Å². The summed E-state index contributed by atoms with van der Waals surface area (Å²) >= 11 is 0. The van der Waals surface area contributed by atoms with Gasteiger partial charge in [-0.3, -0.25) is 9.59 Å². The quantitative estimate of drug-likeness (QED) is 0.143. The van der Waals surface area contributed by atoms with Gasteiger partial charge in [0.1, 0.15) is 30.1 Å². The Morgan fingerprint density at radius 3 is 2.48 bits per heavy atom. The third-order valence-electron chi connectivity index (χ3n) is 7.24. The first kappa shape index (κ1) is 31.8. The van der Waals surface area contributed by atoms with Crippen LogP contribution in [0.3, 0.4) is 0 Å². The van der Waals surface area contributed by atoms with Crippen molar-refractivity contribution in [1.82, 2.24) is 4.98 Å². The molecule has 5 rings (SSSR count). The van der Waals surface area contributed by atoms with E-state index in [1.807, 2.05) is 49.4 Å². The molecule has 0 atom stereocenters. The maximum absolute atomic E-state index is 13.7. The van der Waals surface area contributed by atoms with Crippen molar-refractivity contribution in [3.8, 4) is 28.7 Å². The number of nitrogens with zero attached hydrogens (tertiary/aromatic N) is 2. The summed E-state index contributed by atoms with van der Waals surface area (Å²) in [4.78, 5) is 32.6. The summed E-state index contributed by atoms with van der Waals surface area (Å²) in [5.74, 6) is 1.26. The second-order valence-electron chi connectivity index (χ2n) is 10.5. The van der Waals surface area contributed by atoms with Crippen molar-refractivity contribution in [2.24, 2.45) is 5.73 Å². The van der Waals surface area contributed by atoms with Crippen LogP contribution in [0.2, 0.25) is 0 Å². The van der Waals surface area contributed by atoms with Crippen molar-refractivity contribution >= 4 is 23.2 Å². The number of anilines is 2. The second-order valence-corrected chi connectivity index (χ2v) is 10.5. The van der Waals surface area contributed by atoms with Gasteiger partial charge in [0.15, 0.2) is 0 Å². The van der Waals surface area contributed by atoms with Gasteiger partial charge in [-0.1, -0.05) is 30.3 Å². The zero-order valence-corrected chi connectivity index (χ0v) is 26.0. The fourth-order valence-corrected chi connectivity index (χ4v) is 4.75. The molecule has 10 nitrogen and oxygen atoms in total. The number of amides is 2. The predicted molar refractivity (Wildman–Crippen MR) is 177 cm³/mol. The minimum absolute atomic E-state index is 0.279. The minimum Gasteiger partial charge on any atom is -0.495 e. The van der Waals surface area contributed by atoms with Crippen LogP contribution in [0, 0.1) is 6.92 Å². The van der Waals surface area contributed by atoms with Crippen LogP contribution < -0.4 is 30.2 Å². The van der Waals surface area contributed by atoms with Crippen LogP contribution in [-0.4, -0.2) is 44.1 Å². The van der Waals surface area contributed by atoms with Gasteiger partial charge in [-0.05, 0) is 85.6 Å². The standard InChI is InChI=1S/C36H36N4O6/c1-24-9-16-30(33(21-24)46-23-25-10-12-26(13-11-25)35-38-18-20-45-35)40(2)36(42)27-14-15-29(32(22-27)43-3)39-34(41)28-7-4-5-8-31(28)44-19-6-17-37/h4-5,7-16,18,20-22H,6,17,19,23,37H2,1-3H3,(H,39,41). The van der Waals surface area contributed by atoms with Gasteiger partial charge in [0.2, 0.25) is 5.89 Å². The number of nitrogens with two attached hydrogens (primary N) is 1. The van der Waals surface area contributed by atoms with Gasteiger partial charge in [0.25, 0.3) is 11.8 Å². The van der Waals surface area contributed by atoms with Crippen molar-refractivity contribution in [3.63, 3.8) is 0 Å². The summed E-state index contributed by atoms with van der Waals surface area (Å²) in [5, 5.41) is 2.87. The van der Waals surface area contributed by atoms with E-state index in [0.29, 0.717) is 71.8 Å². The van der Waals surface area contributed by atoms with E-state index in [4.69, 9.17) is 24.4 Å². The average molecular weight is 621 g/mol. The molecule has 3 N–H and O–H groups in total. The van der Waals surface area contributed by atoms with Crippen molar-refractivity contribution in [3.05, 3.63) is 120 Å². The SMILES string of the molecule is COc1cc(C(=O)N(C)c2ccc(C)cc2OCc2ccc(-c3ncco3)cc2)ccc1NC(=O)c1ccccc1OCCCN. The second kappa shape index (κ2) is 14.9. The Labute approximate surface area is 267 Å². The number of oxazole rings is 1.